The Hall–Kier alpha value is -2.08. The molecule has 1 aromatic carbocycles. The third-order valence-electron chi connectivity index (χ3n) is 2.40. The predicted molar refractivity (Wildman–Crippen MR) is 69.7 cm³/mol. The lowest BCUT2D eigenvalue weighted by molar-refractivity contribution is 0.0924. The second kappa shape index (κ2) is 7.38. The van der Waals surface area contributed by atoms with Crippen molar-refractivity contribution in [2.75, 3.05) is 13.7 Å². The van der Waals surface area contributed by atoms with Crippen molar-refractivity contribution < 1.29 is 19.4 Å². The highest BCUT2D eigenvalue weighted by molar-refractivity contribution is 5.94. The van der Waals surface area contributed by atoms with Gasteiger partial charge in [0, 0.05) is 18.7 Å². The molecule has 1 aromatic rings. The molecule has 1 rings (SSSR count). The van der Waals surface area contributed by atoms with Gasteiger partial charge < -0.3 is 20.5 Å². The number of rotatable bonds is 5. The second-order valence-corrected chi connectivity index (χ2v) is 4.10. The van der Waals surface area contributed by atoms with E-state index in [0.717, 1.165) is 5.56 Å². The molecule has 3 N–H and O–H groups in total. The lowest BCUT2D eigenvalue weighted by Gasteiger charge is -2.08. The Morgan fingerprint density at radius 1 is 1.26 bits per heavy atom. The van der Waals surface area contributed by atoms with E-state index in [9.17, 15) is 9.59 Å². The van der Waals surface area contributed by atoms with Gasteiger partial charge in [-0.1, -0.05) is 12.1 Å². The molecular formula is C13H18N2O4. The topological polar surface area (TPSA) is 87.7 Å². The maximum absolute atomic E-state index is 11.7. The number of amides is 2. The number of hydrogen-bond acceptors (Lipinski definition) is 4. The number of hydrogen-bond donors (Lipinski definition) is 3. The molecule has 104 valence electrons. The Bertz CT molecular complexity index is 429. The van der Waals surface area contributed by atoms with Crippen molar-refractivity contribution in [3.8, 4) is 0 Å². The van der Waals surface area contributed by atoms with Gasteiger partial charge in [0.15, 0.2) is 0 Å². The normalized spacial score (nSPS) is 11.5. The lowest BCUT2D eigenvalue weighted by atomic mass is 10.1. The first-order valence-corrected chi connectivity index (χ1v) is 5.90. The molecule has 0 fully saturated rings. The minimum atomic E-state index is -0.576. The summed E-state index contributed by atoms with van der Waals surface area (Å²) in [6.07, 6.45) is -1.08. The van der Waals surface area contributed by atoms with Crippen molar-refractivity contribution in [2.45, 2.75) is 19.6 Å². The zero-order valence-electron chi connectivity index (χ0n) is 11.0. The highest BCUT2D eigenvalue weighted by atomic mass is 16.5. The fourth-order valence-electron chi connectivity index (χ4n) is 1.36. The molecule has 0 radical (unpaired) electrons. The summed E-state index contributed by atoms with van der Waals surface area (Å²) in [5, 5.41) is 14.2. The number of carbonyl (C=O) groups is 2. The van der Waals surface area contributed by atoms with Gasteiger partial charge in [-0.15, -0.1) is 0 Å². The number of alkyl carbamates (subject to hydrolysis) is 1. The SMILES string of the molecule is COC(=O)NCc1ccc(C(=O)NCC(C)O)cc1. The summed E-state index contributed by atoms with van der Waals surface area (Å²) in [7, 11) is 1.30. The number of ether oxygens (including phenoxy) is 1. The summed E-state index contributed by atoms with van der Waals surface area (Å²) in [5.41, 5.74) is 1.36. The molecule has 2 amide bonds. The summed E-state index contributed by atoms with van der Waals surface area (Å²) >= 11 is 0. The van der Waals surface area contributed by atoms with Gasteiger partial charge >= 0.3 is 6.09 Å². The van der Waals surface area contributed by atoms with Crippen LogP contribution in [0.25, 0.3) is 0 Å². The van der Waals surface area contributed by atoms with Crippen LogP contribution in [-0.4, -0.2) is 36.9 Å². The zero-order chi connectivity index (χ0) is 14.3. The molecule has 0 saturated heterocycles. The van der Waals surface area contributed by atoms with E-state index in [1.54, 1.807) is 31.2 Å². The van der Waals surface area contributed by atoms with Crippen LogP contribution in [0, 0.1) is 0 Å². The summed E-state index contributed by atoms with van der Waals surface area (Å²) in [4.78, 5) is 22.5. The third kappa shape index (κ3) is 5.39. The molecule has 0 aliphatic rings. The summed E-state index contributed by atoms with van der Waals surface area (Å²) in [5.74, 6) is -0.242. The Labute approximate surface area is 111 Å². The van der Waals surface area contributed by atoms with Crippen molar-refractivity contribution in [2.24, 2.45) is 0 Å². The van der Waals surface area contributed by atoms with E-state index in [2.05, 4.69) is 15.4 Å². The largest absolute Gasteiger partial charge is 0.453 e. The van der Waals surface area contributed by atoms with Crippen molar-refractivity contribution in [1.29, 1.82) is 0 Å². The molecule has 0 aliphatic carbocycles. The Morgan fingerprint density at radius 3 is 2.42 bits per heavy atom. The van der Waals surface area contributed by atoms with Crippen molar-refractivity contribution in [1.82, 2.24) is 10.6 Å². The molecule has 6 heteroatoms. The standard InChI is InChI=1S/C13H18N2O4/c1-9(16)7-14-12(17)11-5-3-10(4-6-11)8-15-13(18)19-2/h3-6,9,16H,7-8H2,1-2H3,(H,14,17)(H,15,18). The van der Waals surface area contributed by atoms with E-state index in [4.69, 9.17) is 5.11 Å². The van der Waals surface area contributed by atoms with Gasteiger partial charge in [0.1, 0.15) is 0 Å². The van der Waals surface area contributed by atoms with Gasteiger partial charge in [0.2, 0.25) is 0 Å². The highest BCUT2D eigenvalue weighted by Gasteiger charge is 2.06. The number of aliphatic hydroxyl groups is 1. The zero-order valence-corrected chi connectivity index (χ0v) is 11.0. The average molecular weight is 266 g/mol. The predicted octanol–water partition coefficient (Wildman–Crippen LogP) is 0.653. The van der Waals surface area contributed by atoms with Crippen LogP contribution in [0.15, 0.2) is 24.3 Å². The van der Waals surface area contributed by atoms with Crippen LogP contribution in [0.4, 0.5) is 4.79 Å². The highest BCUT2D eigenvalue weighted by Crippen LogP contribution is 2.04. The first-order chi connectivity index (χ1) is 9.02. The van der Waals surface area contributed by atoms with Gasteiger partial charge in [-0.25, -0.2) is 4.79 Å². The molecule has 1 unspecified atom stereocenters. The van der Waals surface area contributed by atoms with Gasteiger partial charge in [0.25, 0.3) is 5.91 Å². The number of carbonyl (C=O) groups excluding carboxylic acids is 2. The summed E-state index contributed by atoms with van der Waals surface area (Å²) in [6, 6.07) is 6.80. The first kappa shape index (κ1) is 15.0. The monoisotopic (exact) mass is 266 g/mol. The van der Waals surface area contributed by atoms with Crippen LogP contribution < -0.4 is 10.6 Å². The summed E-state index contributed by atoms with van der Waals surface area (Å²) in [6.45, 7) is 2.15. The van der Waals surface area contributed by atoms with E-state index < -0.39 is 12.2 Å². The quantitative estimate of drug-likeness (QED) is 0.730. The van der Waals surface area contributed by atoms with Gasteiger partial charge in [-0.2, -0.15) is 0 Å². The van der Waals surface area contributed by atoms with Crippen LogP contribution in [0.1, 0.15) is 22.8 Å². The van der Waals surface area contributed by atoms with Crippen molar-refractivity contribution in [3.63, 3.8) is 0 Å². The first-order valence-electron chi connectivity index (χ1n) is 5.90. The fraction of sp³-hybridized carbons (Fsp3) is 0.385. The summed E-state index contributed by atoms with van der Waals surface area (Å²) < 4.78 is 4.45. The Balaban J connectivity index is 2.51. The third-order valence-corrected chi connectivity index (χ3v) is 2.40. The molecule has 0 aliphatic heterocycles. The van der Waals surface area contributed by atoms with Crippen LogP contribution in [0.2, 0.25) is 0 Å². The fourth-order valence-corrected chi connectivity index (χ4v) is 1.36. The minimum Gasteiger partial charge on any atom is -0.453 e. The van der Waals surface area contributed by atoms with E-state index in [0.29, 0.717) is 12.1 Å². The van der Waals surface area contributed by atoms with E-state index in [1.807, 2.05) is 0 Å². The molecule has 0 aromatic heterocycles. The maximum atomic E-state index is 11.7. The van der Waals surface area contributed by atoms with Gasteiger partial charge in [0.05, 0.1) is 13.2 Å². The van der Waals surface area contributed by atoms with Gasteiger partial charge in [-0.3, -0.25) is 4.79 Å². The van der Waals surface area contributed by atoms with Crippen LogP contribution in [0.5, 0.6) is 0 Å². The van der Waals surface area contributed by atoms with E-state index in [1.165, 1.54) is 7.11 Å². The number of methoxy groups -OCH3 is 1. The molecule has 0 heterocycles. The van der Waals surface area contributed by atoms with Crippen molar-refractivity contribution >= 4 is 12.0 Å². The van der Waals surface area contributed by atoms with Crippen LogP contribution >= 0.6 is 0 Å². The average Bonchev–Trinajstić information content (AvgIpc) is 2.42. The van der Waals surface area contributed by atoms with E-state index >= 15 is 0 Å². The lowest BCUT2D eigenvalue weighted by Crippen LogP contribution is -2.30. The minimum absolute atomic E-state index is 0.213. The Kier molecular flexibility index (Phi) is 5.81. The molecule has 19 heavy (non-hydrogen) atoms. The second-order valence-electron chi connectivity index (χ2n) is 4.10. The molecular weight excluding hydrogens is 248 g/mol. The molecule has 0 spiro atoms. The molecule has 0 bridgehead atoms. The number of benzene rings is 1. The van der Waals surface area contributed by atoms with Crippen molar-refractivity contribution in [3.05, 3.63) is 35.4 Å². The number of aliphatic hydroxyl groups excluding tert-OH is 1. The van der Waals surface area contributed by atoms with Crippen LogP contribution in [-0.2, 0) is 11.3 Å². The smallest absolute Gasteiger partial charge is 0.407 e. The van der Waals surface area contributed by atoms with Crippen LogP contribution in [0.3, 0.4) is 0 Å². The molecule has 6 nitrogen and oxygen atoms in total. The number of nitrogens with one attached hydrogen (secondary N) is 2. The van der Waals surface area contributed by atoms with Gasteiger partial charge in [-0.05, 0) is 24.6 Å². The maximum Gasteiger partial charge on any atom is 0.407 e. The van der Waals surface area contributed by atoms with E-state index in [-0.39, 0.29) is 12.5 Å². The molecule has 0 saturated carbocycles. The molecule has 1 atom stereocenters. The Morgan fingerprint density at radius 2 is 1.89 bits per heavy atom.